The minimum atomic E-state index is -0.346. The van der Waals surface area contributed by atoms with Crippen molar-refractivity contribution in [3.8, 4) is 5.75 Å². The van der Waals surface area contributed by atoms with Crippen LogP contribution in [0.25, 0.3) is 0 Å². The first kappa shape index (κ1) is 19.8. The number of furan rings is 1. The summed E-state index contributed by atoms with van der Waals surface area (Å²) >= 11 is 0. The molecule has 1 N–H and O–H groups in total. The van der Waals surface area contributed by atoms with E-state index in [0.29, 0.717) is 19.6 Å². The highest BCUT2D eigenvalue weighted by Gasteiger charge is 2.41. The van der Waals surface area contributed by atoms with Crippen LogP contribution in [0.5, 0.6) is 5.75 Å². The molecule has 0 radical (unpaired) electrons. The van der Waals surface area contributed by atoms with Gasteiger partial charge < -0.3 is 19.4 Å². The highest BCUT2D eigenvalue weighted by molar-refractivity contribution is 5.92. The maximum atomic E-state index is 13.1. The topological polar surface area (TPSA) is 71.8 Å². The van der Waals surface area contributed by atoms with Crippen LogP contribution in [-0.4, -0.2) is 36.9 Å². The molecule has 30 heavy (non-hydrogen) atoms. The molecule has 2 aromatic carbocycles. The second kappa shape index (κ2) is 8.86. The zero-order valence-electron chi connectivity index (χ0n) is 16.8. The Morgan fingerprint density at radius 1 is 1.03 bits per heavy atom. The maximum absolute atomic E-state index is 13.1. The first-order chi connectivity index (χ1) is 14.7. The van der Waals surface area contributed by atoms with Crippen LogP contribution in [0.3, 0.4) is 0 Å². The maximum Gasteiger partial charge on any atom is 0.289 e. The third kappa shape index (κ3) is 4.22. The second-order valence-corrected chi connectivity index (χ2v) is 7.38. The van der Waals surface area contributed by atoms with E-state index in [0.717, 1.165) is 16.9 Å². The van der Waals surface area contributed by atoms with Crippen LogP contribution in [0.2, 0.25) is 0 Å². The third-order valence-corrected chi connectivity index (χ3v) is 5.53. The Morgan fingerprint density at radius 2 is 1.80 bits per heavy atom. The summed E-state index contributed by atoms with van der Waals surface area (Å²) in [6, 6.07) is 20.8. The number of amides is 2. The molecule has 0 spiro atoms. The molecule has 6 nitrogen and oxygen atoms in total. The molecule has 6 heteroatoms. The smallest absolute Gasteiger partial charge is 0.289 e. The van der Waals surface area contributed by atoms with E-state index in [1.165, 1.54) is 6.26 Å². The number of hydrogen-bond donors (Lipinski definition) is 1. The fraction of sp³-hybridized carbons (Fsp3) is 0.250. The predicted molar refractivity (Wildman–Crippen MR) is 112 cm³/mol. The quantitative estimate of drug-likeness (QED) is 0.683. The Bertz CT molecular complexity index is 984. The average Bonchev–Trinajstić information content (AvgIpc) is 3.48. The number of methoxy groups -OCH3 is 1. The van der Waals surface area contributed by atoms with Gasteiger partial charge in [-0.25, -0.2) is 0 Å². The molecule has 1 aromatic heterocycles. The predicted octanol–water partition coefficient (Wildman–Crippen LogP) is 3.46. The van der Waals surface area contributed by atoms with Crippen molar-refractivity contribution in [2.24, 2.45) is 5.92 Å². The highest BCUT2D eigenvalue weighted by Crippen LogP contribution is 2.34. The van der Waals surface area contributed by atoms with Crippen molar-refractivity contribution in [1.82, 2.24) is 10.2 Å². The van der Waals surface area contributed by atoms with Crippen LogP contribution in [0.1, 0.15) is 27.6 Å². The molecule has 2 heterocycles. The van der Waals surface area contributed by atoms with Gasteiger partial charge in [-0.15, -0.1) is 0 Å². The van der Waals surface area contributed by atoms with Crippen LogP contribution in [0, 0.1) is 5.92 Å². The first-order valence-electron chi connectivity index (χ1n) is 9.94. The third-order valence-electron chi connectivity index (χ3n) is 5.53. The van der Waals surface area contributed by atoms with Gasteiger partial charge in [-0.2, -0.15) is 0 Å². The molecule has 0 saturated carbocycles. The summed E-state index contributed by atoms with van der Waals surface area (Å²) in [6.07, 6.45) is 1.48. The van der Waals surface area contributed by atoms with Gasteiger partial charge in [0.15, 0.2) is 5.76 Å². The molecular weight excluding hydrogens is 380 g/mol. The van der Waals surface area contributed by atoms with E-state index in [1.54, 1.807) is 24.1 Å². The molecule has 1 aliphatic heterocycles. The molecule has 1 aliphatic rings. The second-order valence-electron chi connectivity index (χ2n) is 7.38. The van der Waals surface area contributed by atoms with Gasteiger partial charge in [-0.1, -0.05) is 42.5 Å². The van der Waals surface area contributed by atoms with Gasteiger partial charge >= 0.3 is 0 Å². The minimum absolute atomic E-state index is 0.0607. The molecule has 1 fully saturated rings. The molecule has 2 unspecified atom stereocenters. The zero-order valence-corrected chi connectivity index (χ0v) is 16.8. The number of nitrogens with one attached hydrogen (secondary N) is 1. The minimum Gasteiger partial charge on any atom is -0.497 e. The zero-order chi connectivity index (χ0) is 20.9. The molecule has 154 valence electrons. The highest BCUT2D eigenvalue weighted by atomic mass is 16.5. The molecule has 2 atom stereocenters. The molecule has 1 saturated heterocycles. The van der Waals surface area contributed by atoms with E-state index < -0.39 is 0 Å². The standard InChI is InChI=1S/C24H24N2O4/c1-29-19-11-9-18(10-12-19)20-15-26(24(28)22-8-5-13-30-22)16-21(20)23(27)25-14-17-6-3-2-4-7-17/h2-13,20-21H,14-16H2,1H3,(H,25,27). The Labute approximate surface area is 175 Å². The largest absolute Gasteiger partial charge is 0.497 e. The van der Waals surface area contributed by atoms with E-state index in [-0.39, 0.29) is 29.4 Å². The molecule has 2 amide bonds. The van der Waals surface area contributed by atoms with Crippen LogP contribution in [-0.2, 0) is 11.3 Å². The number of nitrogens with zero attached hydrogens (tertiary/aromatic N) is 1. The number of carbonyl (C=O) groups is 2. The summed E-state index contributed by atoms with van der Waals surface area (Å²) in [7, 11) is 1.62. The summed E-state index contributed by atoms with van der Waals surface area (Å²) in [6.45, 7) is 1.25. The number of hydrogen-bond acceptors (Lipinski definition) is 4. The number of likely N-dealkylation sites (tertiary alicyclic amines) is 1. The van der Waals surface area contributed by atoms with Gasteiger partial charge in [0.1, 0.15) is 5.75 Å². The fourth-order valence-corrected chi connectivity index (χ4v) is 3.90. The van der Waals surface area contributed by atoms with Crippen molar-refractivity contribution in [2.75, 3.05) is 20.2 Å². The lowest BCUT2D eigenvalue weighted by Crippen LogP contribution is -2.35. The number of ether oxygens (including phenoxy) is 1. The molecular formula is C24H24N2O4. The van der Waals surface area contributed by atoms with Gasteiger partial charge in [0.25, 0.3) is 5.91 Å². The lowest BCUT2D eigenvalue weighted by Gasteiger charge is -2.18. The van der Waals surface area contributed by atoms with Crippen molar-refractivity contribution in [3.63, 3.8) is 0 Å². The van der Waals surface area contributed by atoms with Crippen LogP contribution < -0.4 is 10.1 Å². The van der Waals surface area contributed by atoms with Crippen molar-refractivity contribution in [2.45, 2.75) is 12.5 Å². The summed E-state index contributed by atoms with van der Waals surface area (Å²) in [5.41, 5.74) is 2.04. The van der Waals surface area contributed by atoms with E-state index in [9.17, 15) is 9.59 Å². The van der Waals surface area contributed by atoms with Crippen molar-refractivity contribution in [1.29, 1.82) is 0 Å². The van der Waals surface area contributed by atoms with Crippen molar-refractivity contribution < 1.29 is 18.7 Å². The molecule has 4 rings (SSSR count). The van der Waals surface area contributed by atoms with Crippen LogP contribution in [0.4, 0.5) is 0 Å². The van der Waals surface area contributed by atoms with E-state index >= 15 is 0 Å². The lowest BCUT2D eigenvalue weighted by molar-refractivity contribution is -0.125. The monoisotopic (exact) mass is 404 g/mol. The molecule has 0 bridgehead atoms. The Balaban J connectivity index is 1.53. The number of carbonyl (C=O) groups excluding carboxylic acids is 2. The Hall–Kier alpha value is -3.54. The molecule has 0 aliphatic carbocycles. The van der Waals surface area contributed by atoms with E-state index in [4.69, 9.17) is 9.15 Å². The summed E-state index contributed by atoms with van der Waals surface area (Å²) in [5.74, 6) is 0.331. The van der Waals surface area contributed by atoms with Gasteiger partial charge in [-0.3, -0.25) is 9.59 Å². The Morgan fingerprint density at radius 3 is 2.47 bits per heavy atom. The van der Waals surface area contributed by atoms with Crippen LogP contribution >= 0.6 is 0 Å². The van der Waals surface area contributed by atoms with Crippen LogP contribution in [0.15, 0.2) is 77.4 Å². The SMILES string of the molecule is COc1ccc(C2CN(C(=O)c3ccco3)CC2C(=O)NCc2ccccc2)cc1. The number of rotatable bonds is 6. The van der Waals surface area contributed by atoms with Gasteiger partial charge in [-0.05, 0) is 35.4 Å². The normalized spacial score (nSPS) is 18.2. The Kier molecular flexibility index (Phi) is 5.84. The van der Waals surface area contributed by atoms with Crippen molar-refractivity contribution in [3.05, 3.63) is 89.9 Å². The lowest BCUT2D eigenvalue weighted by atomic mass is 9.88. The van der Waals surface area contributed by atoms with E-state index in [2.05, 4.69) is 5.32 Å². The average molecular weight is 404 g/mol. The summed E-state index contributed by atoms with van der Waals surface area (Å²) in [5, 5.41) is 3.03. The molecule has 3 aromatic rings. The first-order valence-corrected chi connectivity index (χ1v) is 9.94. The van der Waals surface area contributed by atoms with Crippen molar-refractivity contribution >= 4 is 11.8 Å². The van der Waals surface area contributed by atoms with Gasteiger partial charge in [0.2, 0.25) is 5.91 Å². The number of benzene rings is 2. The fourth-order valence-electron chi connectivity index (χ4n) is 3.90. The van der Waals surface area contributed by atoms with Gasteiger partial charge in [0.05, 0.1) is 19.3 Å². The van der Waals surface area contributed by atoms with E-state index in [1.807, 2.05) is 54.6 Å². The van der Waals surface area contributed by atoms with Gasteiger partial charge in [0, 0.05) is 25.6 Å². The summed E-state index contributed by atoms with van der Waals surface area (Å²) in [4.78, 5) is 27.6. The summed E-state index contributed by atoms with van der Waals surface area (Å²) < 4.78 is 10.5.